The first kappa shape index (κ1) is 26.8. The minimum Gasteiger partial charge on any atom is -0.488 e. The zero-order valence-electron chi connectivity index (χ0n) is 22.5. The summed E-state index contributed by atoms with van der Waals surface area (Å²) < 4.78 is 19.3. The summed E-state index contributed by atoms with van der Waals surface area (Å²) in [6.07, 6.45) is 4.67. The molecule has 0 unspecified atom stereocenters. The Hall–Kier alpha value is -3.77. The van der Waals surface area contributed by atoms with Crippen LogP contribution in [0.5, 0.6) is 5.75 Å². The Balaban J connectivity index is 1.44. The lowest BCUT2D eigenvalue weighted by Gasteiger charge is -2.33. The molecule has 1 aromatic heterocycles. The van der Waals surface area contributed by atoms with Gasteiger partial charge in [-0.25, -0.2) is 9.38 Å². The van der Waals surface area contributed by atoms with Crippen molar-refractivity contribution in [2.75, 3.05) is 5.32 Å². The van der Waals surface area contributed by atoms with Crippen molar-refractivity contribution in [3.63, 3.8) is 0 Å². The topological polar surface area (TPSA) is 50.7 Å². The molecule has 4 aromatic rings. The van der Waals surface area contributed by atoms with Crippen molar-refractivity contribution in [3.05, 3.63) is 112 Å². The van der Waals surface area contributed by atoms with Crippen molar-refractivity contribution in [2.24, 2.45) is 16.3 Å². The van der Waals surface area contributed by atoms with E-state index in [1.54, 1.807) is 29.7 Å². The van der Waals surface area contributed by atoms with E-state index in [-0.39, 0.29) is 17.1 Å². The zero-order chi connectivity index (χ0) is 27.4. The number of halogens is 1. The molecule has 1 aliphatic rings. The minimum atomic E-state index is -0.272. The van der Waals surface area contributed by atoms with Gasteiger partial charge in [-0.2, -0.15) is 0 Å². The highest BCUT2D eigenvalue weighted by molar-refractivity contribution is 7.16. The van der Waals surface area contributed by atoms with E-state index in [9.17, 15) is 9.18 Å². The number of fused-ring (bicyclic) bond motifs is 1. The molecule has 1 heterocycles. The summed E-state index contributed by atoms with van der Waals surface area (Å²) >= 11 is 1.62. The summed E-state index contributed by atoms with van der Waals surface area (Å²) in [5.74, 6) is 0.841. The number of nitrogens with zero attached hydrogens (tertiary/aromatic N) is 1. The second-order valence-electron chi connectivity index (χ2n) is 11.0. The van der Waals surface area contributed by atoms with E-state index in [4.69, 9.17) is 9.73 Å². The first-order valence-electron chi connectivity index (χ1n) is 13.3. The molecule has 0 saturated heterocycles. The largest absolute Gasteiger partial charge is 0.488 e. The lowest BCUT2D eigenvalue weighted by atomic mass is 9.72. The maximum atomic E-state index is 13.6. The van der Waals surface area contributed by atoms with Crippen LogP contribution in [0.2, 0.25) is 0 Å². The summed E-state index contributed by atoms with van der Waals surface area (Å²) in [7, 11) is 0. The van der Waals surface area contributed by atoms with E-state index in [0.29, 0.717) is 23.8 Å². The molecule has 1 aliphatic carbocycles. The molecule has 0 aliphatic heterocycles. The molecular weight excluding hydrogens is 507 g/mol. The van der Waals surface area contributed by atoms with Crippen molar-refractivity contribution >= 4 is 34.1 Å². The molecule has 1 N–H and O–H groups in total. The third-order valence-corrected chi connectivity index (χ3v) is 8.44. The first-order valence-corrected chi connectivity index (χ1v) is 14.1. The van der Waals surface area contributed by atoms with Crippen LogP contribution in [0.4, 0.5) is 15.1 Å². The maximum Gasteiger partial charge on any atom is 0.259 e. The summed E-state index contributed by atoms with van der Waals surface area (Å²) in [5.41, 5.74) is 4.46. The number of amides is 1. The van der Waals surface area contributed by atoms with Crippen molar-refractivity contribution in [1.82, 2.24) is 0 Å². The molecule has 4 nitrogen and oxygen atoms in total. The molecule has 0 fully saturated rings. The molecule has 3 aromatic carbocycles. The van der Waals surface area contributed by atoms with Crippen molar-refractivity contribution in [1.29, 1.82) is 0 Å². The van der Waals surface area contributed by atoms with Gasteiger partial charge in [0.2, 0.25) is 0 Å². The predicted molar refractivity (Wildman–Crippen MR) is 158 cm³/mol. The highest BCUT2D eigenvalue weighted by Crippen LogP contribution is 2.45. The Morgan fingerprint density at radius 1 is 1.05 bits per heavy atom. The quantitative estimate of drug-likeness (QED) is 0.239. The minimum absolute atomic E-state index is 0.124. The fourth-order valence-electron chi connectivity index (χ4n) is 4.94. The van der Waals surface area contributed by atoms with Crippen LogP contribution in [0.25, 0.3) is 0 Å². The molecule has 0 spiro atoms. The van der Waals surface area contributed by atoms with Gasteiger partial charge in [0, 0.05) is 22.3 Å². The predicted octanol–water partition coefficient (Wildman–Crippen LogP) is 8.62. The van der Waals surface area contributed by atoms with Crippen LogP contribution in [0.1, 0.15) is 59.1 Å². The normalized spacial score (nSPS) is 15.2. The number of para-hydroxylation sites is 2. The number of aliphatic imine (C=N–C) groups is 1. The van der Waals surface area contributed by atoms with E-state index < -0.39 is 0 Å². The third-order valence-electron chi connectivity index (χ3n) is 7.28. The number of anilines is 1. The van der Waals surface area contributed by atoms with Crippen molar-refractivity contribution in [2.45, 2.75) is 46.6 Å². The van der Waals surface area contributed by atoms with Crippen LogP contribution in [-0.4, -0.2) is 12.1 Å². The SMILES string of the molecule is CC(C)(C)[C@H]1CCc2c(sc(N=Cc3ccccc3OCc3ccc(F)cc3)c2C(=O)Nc2ccccc2)C1. The summed E-state index contributed by atoms with van der Waals surface area (Å²) in [6, 6.07) is 23.5. The van der Waals surface area contributed by atoms with Crippen molar-refractivity contribution < 1.29 is 13.9 Å². The molecular formula is C33H33FN2O2S. The van der Waals surface area contributed by atoms with Crippen molar-refractivity contribution in [3.8, 4) is 5.75 Å². The average molecular weight is 541 g/mol. The Morgan fingerprint density at radius 3 is 2.51 bits per heavy atom. The van der Waals surface area contributed by atoms with Gasteiger partial charge in [0.25, 0.3) is 5.91 Å². The van der Waals surface area contributed by atoms with Crippen LogP contribution in [0, 0.1) is 17.2 Å². The molecule has 0 saturated carbocycles. The van der Waals surface area contributed by atoms with Crippen LogP contribution >= 0.6 is 11.3 Å². The summed E-state index contributed by atoms with van der Waals surface area (Å²) in [4.78, 5) is 19.7. The number of rotatable bonds is 7. The highest BCUT2D eigenvalue weighted by Gasteiger charge is 2.33. The third kappa shape index (κ3) is 6.45. The number of benzene rings is 3. The number of hydrogen-bond acceptors (Lipinski definition) is 4. The van der Waals surface area contributed by atoms with Gasteiger partial charge in [-0.15, -0.1) is 11.3 Å². The maximum absolute atomic E-state index is 13.6. The van der Waals surface area contributed by atoms with Gasteiger partial charge in [-0.05, 0) is 78.1 Å². The standard InChI is InChI=1S/C33H33FN2O2S/c1-33(2,3)24-15-18-27-29(19-24)39-32(30(27)31(37)36-26-10-5-4-6-11-26)35-20-23-9-7-8-12-28(23)38-21-22-13-16-25(34)17-14-22/h4-14,16-17,20,24H,15,18-19,21H2,1-3H3,(H,36,37)/t24-/m0/s1. The average Bonchev–Trinajstić information content (AvgIpc) is 3.30. The molecule has 5 rings (SSSR count). The Morgan fingerprint density at radius 2 is 1.77 bits per heavy atom. The van der Waals surface area contributed by atoms with Crippen LogP contribution in [0.3, 0.4) is 0 Å². The fourth-order valence-corrected chi connectivity index (χ4v) is 6.21. The monoisotopic (exact) mass is 540 g/mol. The van der Waals surface area contributed by atoms with Gasteiger partial charge < -0.3 is 10.1 Å². The van der Waals surface area contributed by atoms with E-state index in [2.05, 4.69) is 26.1 Å². The number of carbonyl (C=O) groups is 1. The van der Waals surface area contributed by atoms with Gasteiger partial charge >= 0.3 is 0 Å². The second-order valence-corrected chi connectivity index (χ2v) is 12.1. The van der Waals surface area contributed by atoms with Gasteiger partial charge in [-0.3, -0.25) is 4.79 Å². The summed E-state index contributed by atoms with van der Waals surface area (Å²) in [6.45, 7) is 7.20. The van der Waals surface area contributed by atoms with Gasteiger partial charge in [-0.1, -0.05) is 63.2 Å². The molecule has 0 bridgehead atoms. The van der Waals surface area contributed by atoms with Crippen LogP contribution in [0.15, 0.2) is 83.9 Å². The first-order chi connectivity index (χ1) is 18.8. The van der Waals surface area contributed by atoms with Crippen LogP contribution < -0.4 is 10.1 Å². The zero-order valence-corrected chi connectivity index (χ0v) is 23.4. The molecule has 39 heavy (non-hydrogen) atoms. The number of carbonyl (C=O) groups excluding carboxylic acids is 1. The van der Waals surface area contributed by atoms with E-state index >= 15 is 0 Å². The van der Waals surface area contributed by atoms with E-state index in [1.807, 2.05) is 54.6 Å². The van der Waals surface area contributed by atoms with E-state index in [1.165, 1.54) is 17.0 Å². The smallest absolute Gasteiger partial charge is 0.259 e. The molecule has 6 heteroatoms. The highest BCUT2D eigenvalue weighted by atomic mass is 32.1. The van der Waals surface area contributed by atoms with Crippen LogP contribution in [-0.2, 0) is 19.4 Å². The Labute approximate surface area is 233 Å². The van der Waals surface area contributed by atoms with Gasteiger partial charge in [0.1, 0.15) is 23.2 Å². The lowest BCUT2D eigenvalue weighted by Crippen LogP contribution is -2.27. The van der Waals surface area contributed by atoms with Gasteiger partial charge in [0.15, 0.2) is 0 Å². The van der Waals surface area contributed by atoms with Gasteiger partial charge in [0.05, 0.1) is 5.56 Å². The lowest BCUT2D eigenvalue weighted by molar-refractivity contribution is 0.102. The number of nitrogens with one attached hydrogen (secondary N) is 1. The number of hydrogen-bond donors (Lipinski definition) is 1. The molecule has 0 radical (unpaired) electrons. The Kier molecular flexibility index (Phi) is 7.94. The second kappa shape index (κ2) is 11.5. The number of thiophene rings is 1. The summed E-state index contributed by atoms with van der Waals surface area (Å²) in [5, 5.41) is 3.79. The fraction of sp³-hybridized carbons (Fsp3) is 0.273. The molecule has 1 amide bonds. The molecule has 1 atom stereocenters. The number of ether oxygens (including phenoxy) is 1. The van der Waals surface area contributed by atoms with E-state index in [0.717, 1.165) is 46.6 Å². The Bertz CT molecular complexity index is 1470. The molecule has 200 valence electrons.